The van der Waals surface area contributed by atoms with Gasteiger partial charge in [0, 0.05) is 24.7 Å². The Morgan fingerprint density at radius 3 is 2.53 bits per heavy atom. The van der Waals surface area contributed by atoms with E-state index in [2.05, 4.69) is 10.3 Å². The van der Waals surface area contributed by atoms with E-state index in [-0.39, 0.29) is 0 Å². The van der Waals surface area contributed by atoms with Crippen molar-refractivity contribution in [1.82, 2.24) is 15.0 Å². The number of rotatable bonds is 3. The van der Waals surface area contributed by atoms with Gasteiger partial charge in [0.2, 0.25) is 0 Å². The van der Waals surface area contributed by atoms with Crippen LogP contribution in [-0.2, 0) is 19.1 Å². The number of halogens is 1. The van der Waals surface area contributed by atoms with E-state index in [4.69, 9.17) is 11.6 Å². The predicted octanol–water partition coefficient (Wildman–Crippen LogP) is 1.92. The van der Waals surface area contributed by atoms with Crippen LogP contribution in [0.4, 0.5) is 0 Å². The molecule has 0 saturated carbocycles. The molecule has 0 amide bonds. The van der Waals surface area contributed by atoms with Crippen LogP contribution in [-0.4, -0.2) is 20.1 Å². The Kier molecular flexibility index (Phi) is 3.17. The van der Waals surface area contributed by atoms with Gasteiger partial charge in [-0.2, -0.15) is 0 Å². The zero-order valence-corrected chi connectivity index (χ0v) is 10.5. The molecule has 0 aliphatic rings. The third kappa shape index (κ3) is 2.84. The molecule has 17 heavy (non-hydrogen) atoms. The van der Waals surface area contributed by atoms with Crippen molar-refractivity contribution in [2.75, 3.05) is 0 Å². The lowest BCUT2D eigenvalue weighted by Crippen LogP contribution is -2.24. The van der Waals surface area contributed by atoms with Gasteiger partial charge in [0.1, 0.15) is 0 Å². The molecular formula is C12H14ClN3O. The summed E-state index contributed by atoms with van der Waals surface area (Å²) in [4.78, 5) is 0. The largest absolute Gasteiger partial charge is 0.385 e. The molecule has 0 spiro atoms. The quantitative estimate of drug-likeness (QED) is 0.907. The fourth-order valence-electron chi connectivity index (χ4n) is 1.74. The second-order valence-electron chi connectivity index (χ2n) is 4.34. The summed E-state index contributed by atoms with van der Waals surface area (Å²) in [6.07, 6.45) is 2.22. The number of aromatic nitrogens is 3. The number of benzene rings is 1. The smallest absolute Gasteiger partial charge is 0.0925 e. The molecule has 4 nitrogen and oxygen atoms in total. The Hall–Kier alpha value is -1.39. The number of hydrogen-bond acceptors (Lipinski definition) is 3. The van der Waals surface area contributed by atoms with Gasteiger partial charge in [-0.25, -0.2) is 0 Å². The highest BCUT2D eigenvalue weighted by atomic mass is 35.5. The summed E-state index contributed by atoms with van der Waals surface area (Å²) in [7, 11) is 1.80. The van der Waals surface area contributed by atoms with E-state index in [1.165, 1.54) is 0 Å². The van der Waals surface area contributed by atoms with Crippen LogP contribution >= 0.6 is 11.6 Å². The molecule has 0 radical (unpaired) electrons. The molecule has 1 unspecified atom stereocenters. The first kappa shape index (κ1) is 12.1. The maximum atomic E-state index is 10.4. The summed E-state index contributed by atoms with van der Waals surface area (Å²) in [5, 5.41) is 18.9. The number of aliphatic hydroxyl groups is 1. The number of aryl methyl sites for hydroxylation is 1. The summed E-state index contributed by atoms with van der Waals surface area (Å²) in [6.45, 7) is 1.75. The highest BCUT2D eigenvalue weighted by molar-refractivity contribution is 6.30. The lowest BCUT2D eigenvalue weighted by molar-refractivity contribution is 0.0566. The normalized spacial score (nSPS) is 14.6. The molecule has 1 heterocycles. The average Bonchev–Trinajstić information content (AvgIpc) is 2.63. The second kappa shape index (κ2) is 4.47. The molecule has 0 bridgehead atoms. The Bertz CT molecular complexity index is 505. The minimum atomic E-state index is -0.972. The van der Waals surface area contributed by atoms with E-state index in [0.29, 0.717) is 11.4 Å². The second-order valence-corrected chi connectivity index (χ2v) is 4.78. The molecule has 2 rings (SSSR count). The van der Waals surface area contributed by atoms with E-state index in [1.54, 1.807) is 37.0 Å². The van der Waals surface area contributed by atoms with E-state index >= 15 is 0 Å². The summed E-state index contributed by atoms with van der Waals surface area (Å²) in [5.74, 6) is 0. The van der Waals surface area contributed by atoms with Crippen molar-refractivity contribution in [1.29, 1.82) is 0 Å². The van der Waals surface area contributed by atoms with Crippen molar-refractivity contribution >= 4 is 11.6 Å². The predicted molar refractivity (Wildman–Crippen MR) is 65.7 cm³/mol. The maximum Gasteiger partial charge on any atom is 0.0925 e. The number of hydrogen-bond donors (Lipinski definition) is 1. The van der Waals surface area contributed by atoms with Gasteiger partial charge in [0.05, 0.1) is 11.3 Å². The molecule has 5 heteroatoms. The van der Waals surface area contributed by atoms with Crippen molar-refractivity contribution in [3.8, 4) is 0 Å². The Balaban J connectivity index is 2.21. The molecule has 90 valence electrons. The summed E-state index contributed by atoms with van der Waals surface area (Å²) >= 11 is 5.82. The first-order valence-corrected chi connectivity index (χ1v) is 5.69. The summed E-state index contributed by atoms with van der Waals surface area (Å²) < 4.78 is 1.62. The monoisotopic (exact) mass is 251 g/mol. The van der Waals surface area contributed by atoms with Crippen LogP contribution in [0.1, 0.15) is 18.2 Å². The fourth-order valence-corrected chi connectivity index (χ4v) is 1.87. The third-order valence-electron chi connectivity index (χ3n) is 2.64. The van der Waals surface area contributed by atoms with Crippen molar-refractivity contribution in [2.45, 2.75) is 18.9 Å². The van der Waals surface area contributed by atoms with Crippen LogP contribution in [0.5, 0.6) is 0 Å². The topological polar surface area (TPSA) is 50.9 Å². The van der Waals surface area contributed by atoms with Gasteiger partial charge in [-0.1, -0.05) is 28.9 Å². The molecule has 0 aliphatic heterocycles. The van der Waals surface area contributed by atoms with Gasteiger partial charge in [0.25, 0.3) is 0 Å². The van der Waals surface area contributed by atoms with Gasteiger partial charge in [-0.3, -0.25) is 4.68 Å². The first-order chi connectivity index (χ1) is 7.97. The molecule has 1 aromatic carbocycles. The molecule has 0 aliphatic carbocycles. The summed E-state index contributed by atoms with van der Waals surface area (Å²) in [5.41, 5.74) is 0.598. The molecule has 1 aromatic heterocycles. The van der Waals surface area contributed by atoms with E-state index < -0.39 is 5.60 Å². The standard InChI is InChI=1S/C12H14ClN3O/c1-12(17,7-11-8-16(2)15-14-11)9-3-5-10(13)6-4-9/h3-6,8,17H,7H2,1-2H3. The van der Waals surface area contributed by atoms with Crippen molar-refractivity contribution in [3.05, 3.63) is 46.7 Å². The SMILES string of the molecule is Cn1cc(CC(C)(O)c2ccc(Cl)cc2)nn1. The van der Waals surface area contributed by atoms with Crippen molar-refractivity contribution < 1.29 is 5.11 Å². The Morgan fingerprint density at radius 2 is 2.00 bits per heavy atom. The lowest BCUT2D eigenvalue weighted by atomic mass is 9.91. The number of nitrogens with zero attached hydrogens (tertiary/aromatic N) is 3. The molecule has 0 fully saturated rings. The van der Waals surface area contributed by atoms with Crippen LogP contribution < -0.4 is 0 Å². The van der Waals surface area contributed by atoms with Crippen LogP contribution in [0.15, 0.2) is 30.5 Å². The van der Waals surface area contributed by atoms with E-state index in [0.717, 1.165) is 11.3 Å². The van der Waals surface area contributed by atoms with Crippen LogP contribution in [0.25, 0.3) is 0 Å². The zero-order chi connectivity index (χ0) is 12.5. The fraction of sp³-hybridized carbons (Fsp3) is 0.333. The average molecular weight is 252 g/mol. The van der Waals surface area contributed by atoms with Crippen LogP contribution in [0.3, 0.4) is 0 Å². The van der Waals surface area contributed by atoms with Crippen molar-refractivity contribution in [2.24, 2.45) is 7.05 Å². The van der Waals surface area contributed by atoms with Gasteiger partial charge < -0.3 is 5.11 Å². The van der Waals surface area contributed by atoms with Gasteiger partial charge in [-0.05, 0) is 24.6 Å². The molecule has 1 atom stereocenters. The minimum absolute atomic E-state index is 0.419. The van der Waals surface area contributed by atoms with Crippen molar-refractivity contribution in [3.63, 3.8) is 0 Å². The first-order valence-electron chi connectivity index (χ1n) is 5.31. The van der Waals surface area contributed by atoms with E-state index in [1.807, 2.05) is 12.1 Å². The zero-order valence-electron chi connectivity index (χ0n) is 9.76. The van der Waals surface area contributed by atoms with Crippen LogP contribution in [0.2, 0.25) is 5.02 Å². The molecule has 0 saturated heterocycles. The van der Waals surface area contributed by atoms with E-state index in [9.17, 15) is 5.11 Å². The van der Waals surface area contributed by atoms with Gasteiger partial charge in [0.15, 0.2) is 0 Å². The Labute approximate surface area is 105 Å². The molecule has 1 N–H and O–H groups in total. The maximum absolute atomic E-state index is 10.4. The highest BCUT2D eigenvalue weighted by Gasteiger charge is 2.24. The molecule has 2 aromatic rings. The van der Waals surface area contributed by atoms with Crippen LogP contribution in [0, 0.1) is 0 Å². The van der Waals surface area contributed by atoms with Gasteiger partial charge in [-0.15, -0.1) is 5.10 Å². The highest BCUT2D eigenvalue weighted by Crippen LogP contribution is 2.25. The Morgan fingerprint density at radius 1 is 1.35 bits per heavy atom. The minimum Gasteiger partial charge on any atom is -0.385 e. The third-order valence-corrected chi connectivity index (χ3v) is 2.89. The van der Waals surface area contributed by atoms with Gasteiger partial charge >= 0.3 is 0 Å². The summed E-state index contributed by atoms with van der Waals surface area (Å²) in [6, 6.07) is 7.17. The lowest BCUT2D eigenvalue weighted by Gasteiger charge is -2.22. The molecular weight excluding hydrogens is 238 g/mol.